The number of pyridine rings is 1. The fourth-order valence-corrected chi connectivity index (χ4v) is 2.68. The van der Waals surface area contributed by atoms with Gasteiger partial charge in [-0.3, -0.25) is 4.98 Å². The van der Waals surface area contributed by atoms with Crippen LogP contribution in [0.3, 0.4) is 0 Å². The van der Waals surface area contributed by atoms with Crippen LogP contribution in [0.2, 0.25) is 0 Å². The van der Waals surface area contributed by atoms with Gasteiger partial charge in [0.25, 0.3) is 0 Å². The Morgan fingerprint density at radius 2 is 1.62 bits per heavy atom. The summed E-state index contributed by atoms with van der Waals surface area (Å²) in [6.45, 7) is 2.08. The van der Waals surface area contributed by atoms with Gasteiger partial charge in [-0.2, -0.15) is 0 Å². The van der Waals surface area contributed by atoms with Crippen LogP contribution in [-0.2, 0) is 5.75 Å². The van der Waals surface area contributed by atoms with Crippen LogP contribution in [-0.4, -0.2) is 15.2 Å². The minimum absolute atomic E-state index is 0.876. The van der Waals surface area contributed by atoms with Crippen molar-refractivity contribution in [3.8, 4) is 11.3 Å². The van der Waals surface area contributed by atoms with Gasteiger partial charge in [-0.25, -0.2) is 0 Å². The lowest BCUT2D eigenvalue weighted by atomic mass is 10.1. The molecule has 0 aliphatic carbocycles. The van der Waals surface area contributed by atoms with E-state index in [1.54, 1.807) is 11.8 Å². The summed E-state index contributed by atoms with van der Waals surface area (Å²) < 4.78 is 0. The molecular formula is C17H15N3S. The topological polar surface area (TPSA) is 38.7 Å². The summed E-state index contributed by atoms with van der Waals surface area (Å²) in [7, 11) is 0. The lowest BCUT2D eigenvalue weighted by Crippen LogP contribution is -1.90. The molecule has 3 nitrogen and oxygen atoms in total. The lowest BCUT2D eigenvalue weighted by molar-refractivity contribution is 0.935. The Morgan fingerprint density at radius 3 is 2.29 bits per heavy atom. The SMILES string of the molecule is Cc1ccc(-c2ccc(SCc3ccncc3)nn2)cc1. The van der Waals surface area contributed by atoms with Gasteiger partial charge in [-0.05, 0) is 36.8 Å². The summed E-state index contributed by atoms with van der Waals surface area (Å²) in [5, 5.41) is 9.53. The molecule has 0 bridgehead atoms. The van der Waals surface area contributed by atoms with E-state index in [2.05, 4.69) is 46.4 Å². The average Bonchev–Trinajstić information content (AvgIpc) is 2.55. The Bertz CT molecular complexity index is 694. The summed E-state index contributed by atoms with van der Waals surface area (Å²) in [5.74, 6) is 0.876. The van der Waals surface area contributed by atoms with Gasteiger partial charge in [-0.15, -0.1) is 10.2 Å². The zero-order valence-electron chi connectivity index (χ0n) is 11.7. The molecule has 3 aromatic rings. The molecule has 0 N–H and O–H groups in total. The van der Waals surface area contributed by atoms with Crippen molar-refractivity contribution in [3.63, 3.8) is 0 Å². The molecule has 21 heavy (non-hydrogen) atoms. The van der Waals surface area contributed by atoms with Crippen LogP contribution in [0.4, 0.5) is 0 Å². The molecule has 0 unspecified atom stereocenters. The number of thioether (sulfide) groups is 1. The van der Waals surface area contributed by atoms with Gasteiger partial charge in [0.15, 0.2) is 0 Å². The summed E-state index contributed by atoms with van der Waals surface area (Å²) in [5.41, 5.74) is 4.48. The Morgan fingerprint density at radius 1 is 0.857 bits per heavy atom. The van der Waals surface area contributed by atoms with Crippen LogP contribution in [0.1, 0.15) is 11.1 Å². The molecule has 0 amide bonds. The molecule has 2 heterocycles. The summed E-state index contributed by atoms with van der Waals surface area (Å²) in [6, 6.07) is 16.4. The van der Waals surface area contributed by atoms with E-state index in [0.29, 0.717) is 0 Å². The van der Waals surface area contributed by atoms with Crippen molar-refractivity contribution in [3.05, 3.63) is 72.1 Å². The quantitative estimate of drug-likeness (QED) is 0.678. The molecule has 0 saturated carbocycles. The molecule has 0 saturated heterocycles. The largest absolute Gasteiger partial charge is 0.265 e. The minimum Gasteiger partial charge on any atom is -0.265 e. The van der Waals surface area contributed by atoms with E-state index in [0.717, 1.165) is 22.0 Å². The number of rotatable bonds is 4. The molecule has 1 aromatic carbocycles. The number of aromatic nitrogens is 3. The van der Waals surface area contributed by atoms with E-state index in [1.165, 1.54) is 11.1 Å². The number of hydrogen-bond donors (Lipinski definition) is 0. The second kappa shape index (κ2) is 6.50. The van der Waals surface area contributed by atoms with Gasteiger partial charge in [0, 0.05) is 23.7 Å². The van der Waals surface area contributed by atoms with E-state index in [4.69, 9.17) is 0 Å². The average molecular weight is 293 g/mol. The Kier molecular flexibility index (Phi) is 4.26. The monoisotopic (exact) mass is 293 g/mol. The fraction of sp³-hybridized carbons (Fsp3) is 0.118. The van der Waals surface area contributed by atoms with Crippen molar-refractivity contribution in [2.75, 3.05) is 0 Å². The maximum atomic E-state index is 4.31. The predicted molar refractivity (Wildman–Crippen MR) is 86.0 cm³/mol. The van der Waals surface area contributed by atoms with Crippen LogP contribution in [0.25, 0.3) is 11.3 Å². The Balaban J connectivity index is 1.68. The molecule has 0 atom stereocenters. The van der Waals surface area contributed by atoms with Crippen molar-refractivity contribution in [1.82, 2.24) is 15.2 Å². The van der Waals surface area contributed by atoms with Crippen LogP contribution < -0.4 is 0 Å². The van der Waals surface area contributed by atoms with Crippen molar-refractivity contribution in [1.29, 1.82) is 0 Å². The van der Waals surface area contributed by atoms with Crippen molar-refractivity contribution in [2.24, 2.45) is 0 Å². The molecule has 0 aliphatic heterocycles. The first-order valence-corrected chi connectivity index (χ1v) is 7.72. The van der Waals surface area contributed by atoms with Crippen LogP contribution in [0.5, 0.6) is 0 Å². The molecule has 0 aliphatic rings. The molecular weight excluding hydrogens is 278 g/mol. The Hall–Kier alpha value is -2.20. The predicted octanol–water partition coefficient (Wildman–Crippen LogP) is 4.14. The molecule has 4 heteroatoms. The van der Waals surface area contributed by atoms with E-state index in [-0.39, 0.29) is 0 Å². The van der Waals surface area contributed by atoms with E-state index in [9.17, 15) is 0 Å². The van der Waals surface area contributed by atoms with E-state index in [1.807, 2.05) is 36.7 Å². The maximum absolute atomic E-state index is 4.31. The zero-order chi connectivity index (χ0) is 14.5. The third-order valence-corrected chi connectivity index (χ3v) is 4.11. The molecule has 2 aromatic heterocycles. The van der Waals surface area contributed by atoms with Crippen molar-refractivity contribution in [2.45, 2.75) is 17.7 Å². The fourth-order valence-electron chi connectivity index (χ4n) is 1.91. The number of hydrogen-bond acceptors (Lipinski definition) is 4. The number of benzene rings is 1. The van der Waals surface area contributed by atoms with Gasteiger partial charge in [0.05, 0.1) is 5.69 Å². The number of aryl methyl sites for hydroxylation is 1. The van der Waals surface area contributed by atoms with Gasteiger partial charge >= 0.3 is 0 Å². The second-order valence-electron chi connectivity index (χ2n) is 4.77. The first-order chi connectivity index (χ1) is 10.3. The van der Waals surface area contributed by atoms with Crippen molar-refractivity contribution >= 4 is 11.8 Å². The van der Waals surface area contributed by atoms with E-state index < -0.39 is 0 Å². The van der Waals surface area contributed by atoms with Gasteiger partial charge < -0.3 is 0 Å². The van der Waals surface area contributed by atoms with Crippen LogP contribution in [0.15, 0.2) is 66.0 Å². The third-order valence-electron chi connectivity index (χ3n) is 3.12. The van der Waals surface area contributed by atoms with Gasteiger partial charge in [0.2, 0.25) is 0 Å². The number of nitrogens with zero attached hydrogens (tertiary/aromatic N) is 3. The van der Waals surface area contributed by atoms with Gasteiger partial charge in [0.1, 0.15) is 5.03 Å². The third kappa shape index (κ3) is 3.67. The second-order valence-corrected chi connectivity index (χ2v) is 5.76. The summed E-state index contributed by atoms with van der Waals surface area (Å²) >= 11 is 1.68. The molecule has 3 rings (SSSR count). The van der Waals surface area contributed by atoms with Gasteiger partial charge in [-0.1, -0.05) is 41.6 Å². The lowest BCUT2D eigenvalue weighted by Gasteiger charge is -2.03. The smallest absolute Gasteiger partial charge is 0.119 e. The summed E-state index contributed by atoms with van der Waals surface area (Å²) in [6.07, 6.45) is 3.62. The van der Waals surface area contributed by atoms with Crippen LogP contribution in [0, 0.1) is 6.92 Å². The minimum atomic E-state index is 0.876. The highest BCUT2D eigenvalue weighted by Gasteiger charge is 2.02. The highest BCUT2D eigenvalue weighted by Crippen LogP contribution is 2.22. The molecule has 0 fully saturated rings. The first kappa shape index (κ1) is 13.8. The first-order valence-electron chi connectivity index (χ1n) is 6.74. The standard InChI is InChI=1S/C17H15N3S/c1-13-2-4-15(5-3-13)16-6-7-17(20-19-16)21-12-14-8-10-18-11-9-14/h2-11H,12H2,1H3. The zero-order valence-corrected chi connectivity index (χ0v) is 12.5. The van der Waals surface area contributed by atoms with Crippen molar-refractivity contribution < 1.29 is 0 Å². The highest BCUT2D eigenvalue weighted by molar-refractivity contribution is 7.98. The molecule has 104 valence electrons. The highest BCUT2D eigenvalue weighted by atomic mass is 32.2. The normalized spacial score (nSPS) is 10.5. The summed E-state index contributed by atoms with van der Waals surface area (Å²) in [4.78, 5) is 4.01. The maximum Gasteiger partial charge on any atom is 0.119 e. The molecule has 0 radical (unpaired) electrons. The molecule has 0 spiro atoms. The Labute approximate surface area is 128 Å². The van der Waals surface area contributed by atoms with Crippen LogP contribution >= 0.6 is 11.8 Å². The van der Waals surface area contributed by atoms with E-state index >= 15 is 0 Å².